The minimum absolute atomic E-state index is 0.0406. The Morgan fingerprint density at radius 1 is 1.19 bits per heavy atom. The number of nitrogen functional groups attached to an aromatic ring is 1. The van der Waals surface area contributed by atoms with Crippen LogP contribution in [-0.4, -0.2) is 32.6 Å². The molecule has 6 nitrogen and oxygen atoms in total. The normalized spacial score (nSPS) is 23.3. The Morgan fingerprint density at radius 3 is 2.84 bits per heavy atom. The van der Waals surface area contributed by atoms with Crippen LogP contribution in [0.4, 0.5) is 0 Å². The van der Waals surface area contributed by atoms with Gasteiger partial charge in [0.1, 0.15) is 0 Å². The summed E-state index contributed by atoms with van der Waals surface area (Å²) in [6.45, 7) is 2.15. The number of benzene rings is 2. The molecule has 2 aliphatic carbocycles. The Bertz CT molecular complexity index is 1090. The quantitative estimate of drug-likeness (QED) is 0.436. The summed E-state index contributed by atoms with van der Waals surface area (Å²) in [5.41, 5.74) is 1.16. The molecule has 3 N–H and O–H groups in total. The minimum atomic E-state index is 0.0406. The Hall–Kier alpha value is -2.54. The van der Waals surface area contributed by atoms with Crippen LogP contribution in [0.3, 0.4) is 0 Å². The number of hydrogen-bond donors (Lipinski definition) is 2. The first-order valence-electron chi connectivity index (χ1n) is 11.2. The van der Waals surface area contributed by atoms with E-state index in [1.807, 2.05) is 18.2 Å². The molecular formula is C24H29N5OS. The fourth-order valence-corrected chi connectivity index (χ4v) is 6.27. The van der Waals surface area contributed by atoms with Crippen LogP contribution >= 0.6 is 11.8 Å². The van der Waals surface area contributed by atoms with Crippen molar-refractivity contribution < 1.29 is 4.79 Å². The van der Waals surface area contributed by atoms with E-state index in [2.05, 4.69) is 46.7 Å². The molecule has 3 aromatic rings. The van der Waals surface area contributed by atoms with Gasteiger partial charge in [0.15, 0.2) is 5.82 Å². The topological polar surface area (TPSA) is 85.8 Å². The lowest BCUT2D eigenvalue weighted by Gasteiger charge is -2.28. The highest BCUT2D eigenvalue weighted by atomic mass is 32.2. The Kier molecular flexibility index (Phi) is 5.61. The second-order valence-electron chi connectivity index (χ2n) is 9.07. The average molecular weight is 436 g/mol. The lowest BCUT2D eigenvalue weighted by molar-refractivity contribution is -0.119. The molecule has 5 rings (SSSR count). The van der Waals surface area contributed by atoms with Crippen molar-refractivity contribution in [3.05, 3.63) is 53.9 Å². The molecule has 31 heavy (non-hydrogen) atoms. The number of nitrogens with zero attached hydrogens (tertiary/aromatic N) is 3. The zero-order chi connectivity index (χ0) is 21.4. The monoisotopic (exact) mass is 435 g/mol. The van der Waals surface area contributed by atoms with Crippen molar-refractivity contribution in [2.45, 2.75) is 50.2 Å². The number of carbonyl (C=O) groups excluding carboxylic acids is 1. The molecule has 0 unspecified atom stereocenters. The summed E-state index contributed by atoms with van der Waals surface area (Å²) in [5, 5.41) is 14.7. The molecule has 2 fully saturated rings. The summed E-state index contributed by atoms with van der Waals surface area (Å²) < 4.78 is 1.51. The number of aromatic nitrogens is 3. The number of thioether (sulfide) groups is 1. The minimum Gasteiger partial charge on any atom is -0.353 e. The van der Waals surface area contributed by atoms with E-state index in [4.69, 9.17) is 5.84 Å². The molecule has 2 saturated carbocycles. The molecule has 1 aromatic heterocycles. The standard InChI is InChI=1S/C24H29N5OS/c1-15(21-12-16-9-10-19(21)11-16)26-23(30)14-31-24-28-27-22(29(24)25)13-18-7-4-6-17-5-2-3-8-20(17)18/h2-8,15-16,19,21H,9-14,25H2,1H3,(H,26,30)/t15-,16-,19-,21+/m0/s1. The molecule has 1 heterocycles. The van der Waals surface area contributed by atoms with Crippen molar-refractivity contribution in [3.63, 3.8) is 0 Å². The van der Waals surface area contributed by atoms with Gasteiger partial charge in [-0.1, -0.05) is 60.6 Å². The highest BCUT2D eigenvalue weighted by molar-refractivity contribution is 7.99. The maximum Gasteiger partial charge on any atom is 0.230 e. The van der Waals surface area contributed by atoms with Crippen LogP contribution in [-0.2, 0) is 11.2 Å². The van der Waals surface area contributed by atoms with Gasteiger partial charge in [-0.05, 0) is 60.3 Å². The zero-order valence-corrected chi connectivity index (χ0v) is 18.6. The van der Waals surface area contributed by atoms with Gasteiger partial charge in [-0.25, -0.2) is 4.68 Å². The summed E-state index contributed by atoms with van der Waals surface area (Å²) in [6.07, 6.45) is 5.94. The smallest absolute Gasteiger partial charge is 0.230 e. The zero-order valence-electron chi connectivity index (χ0n) is 17.8. The van der Waals surface area contributed by atoms with Gasteiger partial charge in [0.25, 0.3) is 0 Å². The van der Waals surface area contributed by atoms with Crippen LogP contribution in [0.1, 0.15) is 44.0 Å². The fourth-order valence-electron chi connectivity index (χ4n) is 5.58. The van der Waals surface area contributed by atoms with Crippen molar-refractivity contribution in [1.82, 2.24) is 20.2 Å². The second-order valence-corrected chi connectivity index (χ2v) is 10.0. The Morgan fingerprint density at radius 2 is 2.03 bits per heavy atom. The van der Waals surface area contributed by atoms with Crippen LogP contribution in [0.2, 0.25) is 0 Å². The van der Waals surface area contributed by atoms with Gasteiger partial charge < -0.3 is 11.2 Å². The van der Waals surface area contributed by atoms with E-state index < -0.39 is 0 Å². The van der Waals surface area contributed by atoms with Gasteiger partial charge in [-0.3, -0.25) is 4.79 Å². The van der Waals surface area contributed by atoms with E-state index in [9.17, 15) is 4.79 Å². The number of rotatable bonds is 7. The molecular weight excluding hydrogens is 406 g/mol. The summed E-state index contributed by atoms with van der Waals surface area (Å²) in [5.74, 6) is 9.62. The van der Waals surface area contributed by atoms with E-state index in [-0.39, 0.29) is 11.9 Å². The van der Waals surface area contributed by atoms with Crippen LogP contribution in [0.25, 0.3) is 10.8 Å². The molecule has 2 aromatic carbocycles. The van der Waals surface area contributed by atoms with Crippen LogP contribution < -0.4 is 11.2 Å². The summed E-state index contributed by atoms with van der Waals surface area (Å²) in [7, 11) is 0. The van der Waals surface area contributed by atoms with Crippen LogP contribution in [0, 0.1) is 17.8 Å². The van der Waals surface area contributed by atoms with Crippen molar-refractivity contribution in [1.29, 1.82) is 0 Å². The highest BCUT2D eigenvalue weighted by Gasteiger charge is 2.42. The summed E-state index contributed by atoms with van der Waals surface area (Å²) in [6, 6.07) is 14.8. The largest absolute Gasteiger partial charge is 0.353 e. The molecule has 7 heteroatoms. The van der Waals surface area contributed by atoms with Gasteiger partial charge in [0.2, 0.25) is 11.1 Å². The summed E-state index contributed by atoms with van der Waals surface area (Å²) in [4.78, 5) is 12.5. The first kappa shape index (κ1) is 20.4. The van der Waals surface area contributed by atoms with Crippen molar-refractivity contribution in [3.8, 4) is 0 Å². The molecule has 2 aliphatic rings. The molecule has 2 bridgehead atoms. The average Bonchev–Trinajstić information content (AvgIpc) is 3.50. The molecule has 1 amide bonds. The van der Waals surface area contributed by atoms with Crippen LogP contribution in [0.5, 0.6) is 0 Å². The van der Waals surface area contributed by atoms with E-state index >= 15 is 0 Å². The Balaban J connectivity index is 1.19. The predicted molar refractivity (Wildman–Crippen MR) is 124 cm³/mol. The maximum atomic E-state index is 12.5. The molecule has 0 spiro atoms. The number of amides is 1. The molecule has 0 saturated heterocycles. The molecule has 0 aliphatic heterocycles. The van der Waals surface area contributed by atoms with E-state index in [0.717, 1.165) is 17.4 Å². The lowest BCUT2D eigenvalue weighted by Crippen LogP contribution is -2.41. The van der Waals surface area contributed by atoms with Crippen molar-refractivity contribution in [2.75, 3.05) is 11.6 Å². The molecule has 162 valence electrons. The lowest BCUT2D eigenvalue weighted by atomic mass is 9.84. The molecule has 4 atom stereocenters. The van der Waals surface area contributed by atoms with Gasteiger partial charge in [0.05, 0.1) is 5.75 Å². The highest BCUT2D eigenvalue weighted by Crippen LogP contribution is 2.49. The van der Waals surface area contributed by atoms with Crippen molar-refractivity contribution >= 4 is 28.4 Å². The van der Waals surface area contributed by atoms with Gasteiger partial charge in [-0.15, -0.1) is 10.2 Å². The van der Waals surface area contributed by atoms with E-state index in [0.29, 0.717) is 29.1 Å². The number of nitrogens with one attached hydrogen (secondary N) is 1. The third-order valence-corrected chi connectivity index (χ3v) is 8.06. The first-order chi connectivity index (χ1) is 15.1. The van der Waals surface area contributed by atoms with Crippen molar-refractivity contribution in [2.24, 2.45) is 17.8 Å². The number of nitrogens with two attached hydrogens (primary N) is 1. The first-order valence-corrected chi connectivity index (χ1v) is 12.1. The molecule has 0 radical (unpaired) electrons. The number of hydrogen-bond acceptors (Lipinski definition) is 5. The van der Waals surface area contributed by atoms with Gasteiger partial charge >= 0.3 is 0 Å². The third kappa shape index (κ3) is 4.15. The number of fused-ring (bicyclic) bond motifs is 3. The maximum absolute atomic E-state index is 12.5. The van der Waals surface area contributed by atoms with E-state index in [1.54, 1.807) is 0 Å². The fraction of sp³-hybridized carbons (Fsp3) is 0.458. The summed E-state index contributed by atoms with van der Waals surface area (Å²) >= 11 is 1.34. The van der Waals surface area contributed by atoms with E-state index in [1.165, 1.54) is 52.9 Å². The number of carbonyl (C=O) groups is 1. The van der Waals surface area contributed by atoms with Crippen LogP contribution in [0.15, 0.2) is 47.6 Å². The van der Waals surface area contributed by atoms with Gasteiger partial charge in [-0.2, -0.15) is 0 Å². The van der Waals surface area contributed by atoms with Gasteiger partial charge in [0, 0.05) is 12.5 Å². The second kappa shape index (κ2) is 8.54. The Labute approximate surface area is 187 Å². The SMILES string of the molecule is C[C@H](NC(=O)CSc1nnc(Cc2cccc3ccccc23)n1N)[C@H]1C[C@H]2CC[C@H]1C2. The third-order valence-electron chi connectivity index (χ3n) is 7.12. The predicted octanol–water partition coefficient (Wildman–Crippen LogP) is 3.77.